The smallest absolute Gasteiger partial charge is 0.341 e. The number of ketones is 1. The molecule has 3 unspecified atom stereocenters. The molecule has 0 saturated heterocycles. The molecule has 5 rings (SSSR count). The van der Waals surface area contributed by atoms with E-state index in [1.54, 1.807) is 30.5 Å². The highest BCUT2D eigenvalue weighted by Crippen LogP contribution is 2.32. The first-order chi connectivity index (χ1) is 24.4. The number of nitrogens with zero attached hydrogens (tertiary/aromatic N) is 1. The van der Waals surface area contributed by atoms with Crippen LogP contribution < -0.4 is 10.6 Å². The Morgan fingerprint density at radius 3 is 2.33 bits per heavy atom. The Morgan fingerprint density at radius 2 is 1.65 bits per heavy atom. The van der Waals surface area contributed by atoms with E-state index < -0.39 is 54.3 Å². The summed E-state index contributed by atoms with van der Waals surface area (Å²) in [5.74, 6) is -4.49. The van der Waals surface area contributed by atoms with Crippen molar-refractivity contribution in [2.24, 2.45) is 11.1 Å². The van der Waals surface area contributed by atoms with Gasteiger partial charge in [0.2, 0.25) is 11.5 Å². The summed E-state index contributed by atoms with van der Waals surface area (Å²) in [7, 11) is 0. The van der Waals surface area contributed by atoms with Crippen molar-refractivity contribution in [3.05, 3.63) is 106 Å². The molecule has 12 nitrogen and oxygen atoms in total. The zero-order chi connectivity index (χ0) is 36.7. The Balaban J connectivity index is 1.33. The van der Waals surface area contributed by atoms with E-state index in [-0.39, 0.29) is 46.7 Å². The molecule has 0 fully saturated rings. The Hall–Kier alpha value is -5.20. The van der Waals surface area contributed by atoms with Crippen molar-refractivity contribution in [3.63, 3.8) is 0 Å². The first-order valence-electron chi connectivity index (χ1n) is 16.2. The molecule has 4 N–H and O–H groups in total. The number of oxime groups is 1. The summed E-state index contributed by atoms with van der Waals surface area (Å²) in [4.78, 5) is 74.3. The monoisotopic (exact) mass is 734 g/mol. The van der Waals surface area contributed by atoms with Crippen molar-refractivity contribution in [1.82, 2.24) is 15.6 Å². The number of carbonyl (C=O) groups is 5. The quantitative estimate of drug-likeness (QED) is 0.119. The predicted octanol–water partition coefficient (Wildman–Crippen LogP) is 5.30. The van der Waals surface area contributed by atoms with Crippen LogP contribution >= 0.6 is 23.2 Å². The summed E-state index contributed by atoms with van der Waals surface area (Å²) in [6.07, 6.45) is 1.03. The lowest BCUT2D eigenvalue weighted by Crippen LogP contribution is -2.55. The largest absolute Gasteiger partial charge is 0.481 e. The summed E-state index contributed by atoms with van der Waals surface area (Å²) in [6.45, 7) is 2.93. The van der Waals surface area contributed by atoms with Gasteiger partial charge in [0.1, 0.15) is 6.04 Å². The molecule has 3 aromatic carbocycles. The van der Waals surface area contributed by atoms with Crippen LogP contribution in [0.2, 0.25) is 10.0 Å². The third kappa shape index (κ3) is 8.94. The zero-order valence-electron chi connectivity index (χ0n) is 27.8. The fourth-order valence-corrected chi connectivity index (χ4v) is 6.47. The van der Waals surface area contributed by atoms with Gasteiger partial charge in [0.05, 0.1) is 40.2 Å². The number of fused-ring (bicyclic) bond motifs is 1. The van der Waals surface area contributed by atoms with E-state index >= 15 is 0 Å². The fraction of sp³-hybridized carbons (Fsp3) is 0.297. The summed E-state index contributed by atoms with van der Waals surface area (Å²) in [6, 6.07) is 18.8. The number of esters is 1. The van der Waals surface area contributed by atoms with E-state index in [0.717, 1.165) is 16.5 Å². The van der Waals surface area contributed by atoms with Crippen molar-refractivity contribution in [3.8, 4) is 0 Å². The van der Waals surface area contributed by atoms with Crippen LogP contribution in [-0.4, -0.2) is 69.6 Å². The molecular weight excluding hydrogens is 699 g/mol. The average molecular weight is 736 g/mol. The summed E-state index contributed by atoms with van der Waals surface area (Å²) >= 11 is 12.1. The van der Waals surface area contributed by atoms with Crippen LogP contribution in [0.3, 0.4) is 0 Å². The Kier molecular flexibility index (Phi) is 11.8. The average Bonchev–Trinajstić information content (AvgIpc) is 3.71. The van der Waals surface area contributed by atoms with Crippen molar-refractivity contribution in [1.29, 1.82) is 0 Å². The minimum absolute atomic E-state index is 0.00114. The number of aliphatic carboxylic acids is 1. The minimum Gasteiger partial charge on any atom is -0.481 e. The van der Waals surface area contributed by atoms with Crippen molar-refractivity contribution >= 4 is 69.4 Å². The van der Waals surface area contributed by atoms with E-state index in [1.165, 1.54) is 18.2 Å². The van der Waals surface area contributed by atoms with Gasteiger partial charge in [-0.05, 0) is 35.2 Å². The predicted molar refractivity (Wildman–Crippen MR) is 191 cm³/mol. The Labute approximate surface area is 303 Å². The van der Waals surface area contributed by atoms with E-state index in [1.807, 2.05) is 44.2 Å². The van der Waals surface area contributed by atoms with Crippen LogP contribution in [0.4, 0.5) is 0 Å². The van der Waals surface area contributed by atoms with Gasteiger partial charge in [-0.25, -0.2) is 4.79 Å². The first kappa shape index (κ1) is 37.1. The zero-order valence-corrected chi connectivity index (χ0v) is 29.3. The number of carboxylic acids is 1. The number of aromatic nitrogens is 1. The second-order valence-corrected chi connectivity index (χ2v) is 13.4. The van der Waals surface area contributed by atoms with E-state index in [4.69, 9.17) is 32.8 Å². The molecule has 0 spiro atoms. The lowest BCUT2D eigenvalue weighted by Gasteiger charge is -2.29. The molecule has 0 aliphatic carbocycles. The maximum Gasteiger partial charge on any atom is 0.341 e. The molecule has 266 valence electrons. The minimum atomic E-state index is -1.70. The van der Waals surface area contributed by atoms with E-state index in [9.17, 15) is 29.1 Å². The lowest BCUT2D eigenvalue weighted by molar-refractivity contribution is -0.148. The second kappa shape index (κ2) is 16.2. The summed E-state index contributed by atoms with van der Waals surface area (Å²) in [5.41, 5.74) is 0.975. The molecule has 3 atom stereocenters. The SMILES string of the molecule is CC(C)C(NC(=O)Cc1c[nH]c2ccccc12)C1=NOC(Cc2ccccc2)(C(=O)NC(CC(=O)O)C(=O)COC(=O)c2c(Cl)cccc2Cl)C1. The molecule has 1 aromatic heterocycles. The molecule has 0 saturated carbocycles. The highest BCUT2D eigenvalue weighted by molar-refractivity contribution is 6.39. The topological polar surface area (TPSA) is 176 Å². The highest BCUT2D eigenvalue weighted by Gasteiger charge is 2.49. The van der Waals surface area contributed by atoms with Gasteiger partial charge in [0, 0.05) is 29.9 Å². The number of halogens is 2. The maximum atomic E-state index is 14.1. The van der Waals surface area contributed by atoms with Gasteiger partial charge in [0.25, 0.3) is 5.91 Å². The van der Waals surface area contributed by atoms with Crippen LogP contribution in [0.1, 0.15) is 48.2 Å². The summed E-state index contributed by atoms with van der Waals surface area (Å²) in [5, 5.41) is 20.4. The number of ether oxygens (including phenoxy) is 1. The van der Waals surface area contributed by atoms with Crippen LogP contribution in [0.15, 0.2) is 84.1 Å². The van der Waals surface area contributed by atoms with Crippen molar-refractivity contribution in [2.45, 2.75) is 57.2 Å². The number of para-hydroxylation sites is 1. The van der Waals surface area contributed by atoms with Gasteiger partial charge in [-0.15, -0.1) is 0 Å². The second-order valence-electron chi connectivity index (χ2n) is 12.6. The van der Waals surface area contributed by atoms with Gasteiger partial charge in [0.15, 0.2) is 12.4 Å². The third-order valence-corrected chi connectivity index (χ3v) is 9.13. The molecule has 2 heterocycles. The van der Waals surface area contributed by atoms with Gasteiger partial charge < -0.3 is 30.3 Å². The Bertz CT molecular complexity index is 1960. The molecule has 0 radical (unpaired) electrons. The molecule has 2 amide bonds. The molecule has 1 aliphatic rings. The fourth-order valence-electron chi connectivity index (χ4n) is 5.91. The number of aromatic amines is 1. The number of amides is 2. The standard InChI is InChI=1S/C37H36Cl2N4O8/c1-21(2)34(42-31(45)15-23-19-40-27-14-7-6-11-24(23)27)29-18-37(51-43-29,17-22-9-4-3-5-10-22)36(49)41-28(16-32(46)47)30(44)20-50-35(48)33-25(38)12-8-13-26(33)39/h3-14,19,21,28,34,40H,15-18,20H2,1-2H3,(H,41,49)(H,42,45)(H,46,47). The molecule has 14 heteroatoms. The van der Waals surface area contributed by atoms with Crippen LogP contribution in [0.5, 0.6) is 0 Å². The number of nitrogens with one attached hydrogen (secondary N) is 3. The maximum absolute atomic E-state index is 14.1. The lowest BCUT2D eigenvalue weighted by atomic mass is 9.84. The molecule has 1 aliphatic heterocycles. The van der Waals surface area contributed by atoms with E-state index in [2.05, 4.69) is 20.8 Å². The van der Waals surface area contributed by atoms with Gasteiger partial charge in [-0.2, -0.15) is 0 Å². The number of carboxylic acid groups (broad SMARTS) is 1. The van der Waals surface area contributed by atoms with E-state index in [0.29, 0.717) is 11.3 Å². The third-order valence-electron chi connectivity index (χ3n) is 8.50. The Morgan fingerprint density at radius 1 is 0.961 bits per heavy atom. The number of benzene rings is 3. The van der Waals surface area contributed by atoms with Gasteiger partial charge in [-0.1, -0.05) is 96.8 Å². The van der Waals surface area contributed by atoms with Gasteiger partial charge >= 0.3 is 11.9 Å². The number of hydrogen-bond donors (Lipinski definition) is 4. The number of Topliss-reactive ketones (excluding diaryl/α,β-unsaturated/α-hetero) is 1. The molecular formula is C37H36Cl2N4O8. The normalized spacial score (nSPS) is 16.5. The number of H-pyrrole nitrogens is 1. The van der Waals surface area contributed by atoms with Gasteiger partial charge in [-0.3, -0.25) is 19.2 Å². The van der Waals surface area contributed by atoms with Crippen LogP contribution in [0, 0.1) is 5.92 Å². The van der Waals surface area contributed by atoms with Crippen LogP contribution in [-0.2, 0) is 41.6 Å². The summed E-state index contributed by atoms with van der Waals surface area (Å²) < 4.78 is 5.12. The highest BCUT2D eigenvalue weighted by atomic mass is 35.5. The molecule has 0 bridgehead atoms. The number of rotatable bonds is 15. The number of carbonyl (C=O) groups excluding carboxylic acids is 4. The number of hydrogen-bond acceptors (Lipinski definition) is 8. The molecule has 4 aromatic rings. The van der Waals surface area contributed by atoms with Crippen LogP contribution in [0.25, 0.3) is 10.9 Å². The molecule has 51 heavy (non-hydrogen) atoms. The first-order valence-corrected chi connectivity index (χ1v) is 16.9. The van der Waals surface area contributed by atoms with Crippen molar-refractivity contribution < 1.29 is 38.7 Å². The van der Waals surface area contributed by atoms with Crippen molar-refractivity contribution in [2.75, 3.05) is 6.61 Å².